The van der Waals surface area contributed by atoms with Crippen LogP contribution in [0.15, 0.2) is 36.4 Å². The summed E-state index contributed by atoms with van der Waals surface area (Å²) in [5.74, 6) is 1.49. The predicted molar refractivity (Wildman–Crippen MR) is 91.1 cm³/mol. The minimum Gasteiger partial charge on any atom is -0.493 e. The molecule has 0 aliphatic heterocycles. The van der Waals surface area contributed by atoms with Crippen molar-refractivity contribution in [3.05, 3.63) is 58.1 Å². The standard InChI is InChI=1S/C17H18BrClO2/c1-11-4-6-13(10-15(11)19)14(18)8-12-5-7-16(20-2)17(9-12)21-3/h4-7,9-10,14H,8H2,1-3H3. The quantitative estimate of drug-likeness (QED) is 0.662. The summed E-state index contributed by atoms with van der Waals surface area (Å²) in [6.45, 7) is 2.00. The molecule has 0 saturated carbocycles. The topological polar surface area (TPSA) is 18.5 Å². The van der Waals surface area contributed by atoms with Crippen molar-refractivity contribution >= 4 is 27.5 Å². The highest BCUT2D eigenvalue weighted by Gasteiger charge is 2.12. The summed E-state index contributed by atoms with van der Waals surface area (Å²) in [5.41, 5.74) is 3.43. The molecule has 112 valence electrons. The fraction of sp³-hybridized carbons (Fsp3) is 0.294. The van der Waals surface area contributed by atoms with Crippen LogP contribution in [0.2, 0.25) is 5.02 Å². The number of alkyl halides is 1. The summed E-state index contributed by atoms with van der Waals surface area (Å²) in [6, 6.07) is 12.1. The lowest BCUT2D eigenvalue weighted by molar-refractivity contribution is 0.354. The Kier molecular flexibility index (Phi) is 5.54. The SMILES string of the molecule is COc1ccc(CC(Br)c2ccc(C)c(Cl)c2)cc1OC. The van der Waals surface area contributed by atoms with Crippen molar-refractivity contribution in [3.63, 3.8) is 0 Å². The van der Waals surface area contributed by atoms with Crippen LogP contribution in [0, 0.1) is 6.92 Å². The van der Waals surface area contributed by atoms with E-state index in [1.807, 2.05) is 37.3 Å². The summed E-state index contributed by atoms with van der Waals surface area (Å²) >= 11 is 9.92. The summed E-state index contributed by atoms with van der Waals surface area (Å²) in [4.78, 5) is 0.203. The third kappa shape index (κ3) is 3.92. The monoisotopic (exact) mass is 368 g/mol. The van der Waals surface area contributed by atoms with Gasteiger partial charge in [-0.3, -0.25) is 0 Å². The van der Waals surface area contributed by atoms with Crippen molar-refractivity contribution in [3.8, 4) is 11.5 Å². The highest BCUT2D eigenvalue weighted by atomic mass is 79.9. The van der Waals surface area contributed by atoms with Crippen molar-refractivity contribution in [2.24, 2.45) is 0 Å². The molecule has 21 heavy (non-hydrogen) atoms. The molecule has 2 nitrogen and oxygen atoms in total. The first-order valence-electron chi connectivity index (χ1n) is 6.66. The minimum absolute atomic E-state index is 0.203. The van der Waals surface area contributed by atoms with Gasteiger partial charge in [-0.1, -0.05) is 45.7 Å². The van der Waals surface area contributed by atoms with E-state index in [1.165, 1.54) is 11.1 Å². The molecule has 2 aromatic carbocycles. The molecular formula is C17H18BrClO2. The number of methoxy groups -OCH3 is 2. The van der Waals surface area contributed by atoms with Crippen LogP contribution in [0.4, 0.5) is 0 Å². The molecule has 0 saturated heterocycles. The van der Waals surface area contributed by atoms with Crippen molar-refractivity contribution in [1.82, 2.24) is 0 Å². The number of aryl methyl sites for hydroxylation is 1. The molecule has 0 spiro atoms. The summed E-state index contributed by atoms with van der Waals surface area (Å²) < 4.78 is 10.6. The molecule has 2 aromatic rings. The smallest absolute Gasteiger partial charge is 0.160 e. The lowest BCUT2D eigenvalue weighted by atomic mass is 10.0. The molecule has 0 bridgehead atoms. The van der Waals surface area contributed by atoms with E-state index in [4.69, 9.17) is 21.1 Å². The fourth-order valence-corrected chi connectivity index (χ4v) is 2.98. The Bertz CT molecular complexity index is 628. The molecule has 0 N–H and O–H groups in total. The molecule has 0 amide bonds. The average Bonchev–Trinajstić information content (AvgIpc) is 2.49. The van der Waals surface area contributed by atoms with Gasteiger partial charge in [-0.05, 0) is 48.2 Å². The Labute approximate surface area is 139 Å². The maximum absolute atomic E-state index is 6.19. The molecule has 0 aromatic heterocycles. The van der Waals surface area contributed by atoms with Crippen LogP contribution < -0.4 is 9.47 Å². The molecule has 0 heterocycles. The molecule has 0 radical (unpaired) electrons. The molecule has 0 fully saturated rings. The fourth-order valence-electron chi connectivity index (χ4n) is 2.14. The zero-order valence-electron chi connectivity index (χ0n) is 12.3. The van der Waals surface area contributed by atoms with Gasteiger partial charge in [0.1, 0.15) is 0 Å². The maximum atomic E-state index is 6.19. The number of benzene rings is 2. The molecule has 2 rings (SSSR count). The van der Waals surface area contributed by atoms with Crippen LogP contribution in [0.5, 0.6) is 11.5 Å². The van der Waals surface area contributed by atoms with Crippen molar-refractivity contribution < 1.29 is 9.47 Å². The van der Waals surface area contributed by atoms with E-state index < -0.39 is 0 Å². The van der Waals surface area contributed by atoms with Gasteiger partial charge >= 0.3 is 0 Å². The Morgan fingerprint density at radius 1 is 1.05 bits per heavy atom. The molecule has 0 aliphatic carbocycles. The van der Waals surface area contributed by atoms with Crippen LogP contribution in [-0.2, 0) is 6.42 Å². The maximum Gasteiger partial charge on any atom is 0.160 e. The zero-order valence-corrected chi connectivity index (χ0v) is 14.7. The number of hydrogen-bond acceptors (Lipinski definition) is 2. The highest BCUT2D eigenvalue weighted by molar-refractivity contribution is 9.09. The summed E-state index contributed by atoms with van der Waals surface area (Å²) in [6.07, 6.45) is 0.847. The van der Waals surface area contributed by atoms with Crippen LogP contribution in [0.25, 0.3) is 0 Å². The Balaban J connectivity index is 2.18. The first kappa shape index (κ1) is 16.2. The average molecular weight is 370 g/mol. The van der Waals surface area contributed by atoms with E-state index in [0.717, 1.165) is 28.5 Å². The van der Waals surface area contributed by atoms with Gasteiger partial charge in [0.05, 0.1) is 14.2 Å². The van der Waals surface area contributed by atoms with Crippen LogP contribution in [-0.4, -0.2) is 14.2 Å². The second-order valence-electron chi connectivity index (χ2n) is 4.87. The Hall–Kier alpha value is -1.19. The van der Waals surface area contributed by atoms with Crippen molar-refractivity contribution in [2.75, 3.05) is 14.2 Å². The number of halogens is 2. The van der Waals surface area contributed by atoms with Crippen LogP contribution in [0.3, 0.4) is 0 Å². The molecule has 0 aliphatic rings. The van der Waals surface area contributed by atoms with Crippen molar-refractivity contribution in [1.29, 1.82) is 0 Å². The third-order valence-electron chi connectivity index (χ3n) is 3.42. The van der Waals surface area contributed by atoms with E-state index in [-0.39, 0.29) is 4.83 Å². The van der Waals surface area contributed by atoms with Gasteiger partial charge in [-0.25, -0.2) is 0 Å². The van der Waals surface area contributed by atoms with E-state index in [0.29, 0.717) is 0 Å². The highest BCUT2D eigenvalue weighted by Crippen LogP contribution is 2.33. The molecule has 1 unspecified atom stereocenters. The van der Waals surface area contributed by atoms with E-state index in [2.05, 4.69) is 22.0 Å². The Morgan fingerprint density at radius 2 is 1.76 bits per heavy atom. The summed E-state index contributed by atoms with van der Waals surface area (Å²) in [5, 5.41) is 0.796. The molecule has 1 atom stereocenters. The lowest BCUT2D eigenvalue weighted by Gasteiger charge is -2.14. The summed E-state index contributed by atoms with van der Waals surface area (Å²) in [7, 11) is 3.28. The number of ether oxygens (including phenoxy) is 2. The van der Waals surface area contributed by atoms with Crippen molar-refractivity contribution in [2.45, 2.75) is 18.2 Å². The normalized spacial score (nSPS) is 12.0. The second kappa shape index (κ2) is 7.19. The van der Waals surface area contributed by atoms with Gasteiger partial charge in [-0.2, -0.15) is 0 Å². The largest absolute Gasteiger partial charge is 0.493 e. The third-order valence-corrected chi connectivity index (χ3v) is 4.68. The van der Waals surface area contributed by atoms with Gasteiger partial charge in [0, 0.05) is 9.85 Å². The Morgan fingerprint density at radius 3 is 2.38 bits per heavy atom. The minimum atomic E-state index is 0.203. The van der Waals surface area contributed by atoms with Gasteiger partial charge in [-0.15, -0.1) is 0 Å². The predicted octanol–water partition coefficient (Wildman–Crippen LogP) is 5.34. The molecule has 4 heteroatoms. The van der Waals surface area contributed by atoms with Crippen LogP contribution in [0.1, 0.15) is 21.5 Å². The first-order valence-corrected chi connectivity index (χ1v) is 7.95. The van der Waals surface area contributed by atoms with Gasteiger partial charge in [0.25, 0.3) is 0 Å². The first-order chi connectivity index (χ1) is 10.0. The zero-order chi connectivity index (χ0) is 15.4. The number of hydrogen-bond donors (Lipinski definition) is 0. The van der Waals surface area contributed by atoms with E-state index >= 15 is 0 Å². The van der Waals surface area contributed by atoms with Gasteiger partial charge < -0.3 is 9.47 Å². The second-order valence-corrected chi connectivity index (χ2v) is 6.38. The van der Waals surface area contributed by atoms with Gasteiger partial charge in [0.2, 0.25) is 0 Å². The lowest BCUT2D eigenvalue weighted by Crippen LogP contribution is -1.98. The number of rotatable bonds is 5. The van der Waals surface area contributed by atoms with E-state index in [9.17, 15) is 0 Å². The van der Waals surface area contributed by atoms with Crippen LogP contribution >= 0.6 is 27.5 Å². The van der Waals surface area contributed by atoms with E-state index in [1.54, 1.807) is 14.2 Å². The molecular weight excluding hydrogens is 352 g/mol. The van der Waals surface area contributed by atoms with Gasteiger partial charge in [0.15, 0.2) is 11.5 Å².